The zero-order chi connectivity index (χ0) is 11.4. The summed E-state index contributed by atoms with van der Waals surface area (Å²) >= 11 is 0. The lowest BCUT2D eigenvalue weighted by Crippen LogP contribution is -2.15. The highest BCUT2D eigenvalue weighted by Gasteiger charge is 2.13. The monoisotopic (exact) mass is 205 g/mol. The SMILES string of the molecule is Cc1ccc(C)c(C(CN)CC(C)C)c1. The molecule has 1 aromatic carbocycles. The van der Waals surface area contributed by atoms with Gasteiger partial charge in [-0.2, -0.15) is 0 Å². The normalized spacial score (nSPS) is 13.2. The second-order valence-corrected chi connectivity index (χ2v) is 4.92. The van der Waals surface area contributed by atoms with E-state index in [0.29, 0.717) is 11.8 Å². The number of hydrogen-bond donors (Lipinski definition) is 1. The molecule has 2 N–H and O–H groups in total. The standard InChI is InChI=1S/C14H23N/c1-10(2)7-13(9-15)14-8-11(3)5-6-12(14)4/h5-6,8,10,13H,7,9,15H2,1-4H3. The number of nitrogens with two attached hydrogens (primary N) is 1. The van der Waals surface area contributed by atoms with Gasteiger partial charge in [-0.3, -0.25) is 0 Å². The van der Waals surface area contributed by atoms with Crippen LogP contribution < -0.4 is 5.73 Å². The van der Waals surface area contributed by atoms with Crippen molar-refractivity contribution < 1.29 is 0 Å². The van der Waals surface area contributed by atoms with E-state index < -0.39 is 0 Å². The summed E-state index contributed by atoms with van der Waals surface area (Å²) in [5.74, 6) is 1.23. The van der Waals surface area contributed by atoms with Crippen LogP contribution in [0.25, 0.3) is 0 Å². The summed E-state index contributed by atoms with van der Waals surface area (Å²) in [5, 5.41) is 0. The van der Waals surface area contributed by atoms with Gasteiger partial charge in [0, 0.05) is 0 Å². The number of benzene rings is 1. The largest absolute Gasteiger partial charge is 0.330 e. The highest BCUT2D eigenvalue weighted by molar-refractivity contribution is 5.33. The molecule has 0 aliphatic heterocycles. The molecule has 0 heterocycles. The molecule has 1 rings (SSSR count). The lowest BCUT2D eigenvalue weighted by Gasteiger charge is -2.20. The van der Waals surface area contributed by atoms with E-state index >= 15 is 0 Å². The molecule has 0 aliphatic rings. The van der Waals surface area contributed by atoms with E-state index in [9.17, 15) is 0 Å². The molecule has 0 saturated heterocycles. The summed E-state index contributed by atoms with van der Waals surface area (Å²) in [4.78, 5) is 0. The predicted octanol–water partition coefficient (Wildman–Crippen LogP) is 3.39. The van der Waals surface area contributed by atoms with E-state index in [-0.39, 0.29) is 0 Å². The summed E-state index contributed by atoms with van der Waals surface area (Å²) in [7, 11) is 0. The third kappa shape index (κ3) is 3.35. The van der Waals surface area contributed by atoms with Crippen LogP contribution in [0.5, 0.6) is 0 Å². The predicted molar refractivity (Wildman–Crippen MR) is 67.2 cm³/mol. The molecule has 1 atom stereocenters. The van der Waals surface area contributed by atoms with Crippen molar-refractivity contribution in [2.45, 2.75) is 40.0 Å². The van der Waals surface area contributed by atoms with E-state index in [4.69, 9.17) is 5.73 Å². The first kappa shape index (κ1) is 12.3. The molecule has 0 spiro atoms. The Labute approximate surface area is 93.7 Å². The molecule has 0 saturated carbocycles. The molecule has 1 heteroatoms. The number of aryl methyl sites for hydroxylation is 2. The molecular weight excluding hydrogens is 182 g/mol. The van der Waals surface area contributed by atoms with Crippen LogP contribution >= 0.6 is 0 Å². The first-order chi connectivity index (χ1) is 7.04. The second-order valence-electron chi connectivity index (χ2n) is 4.92. The fourth-order valence-corrected chi connectivity index (χ4v) is 2.12. The van der Waals surface area contributed by atoms with Crippen molar-refractivity contribution in [2.75, 3.05) is 6.54 Å². The Balaban J connectivity index is 2.95. The minimum atomic E-state index is 0.518. The van der Waals surface area contributed by atoms with Gasteiger partial charge in [0.15, 0.2) is 0 Å². The molecule has 15 heavy (non-hydrogen) atoms. The maximum atomic E-state index is 5.87. The van der Waals surface area contributed by atoms with Gasteiger partial charge in [0.05, 0.1) is 0 Å². The molecule has 0 fully saturated rings. The molecule has 0 aliphatic carbocycles. The maximum Gasteiger partial charge on any atom is -0.000803 e. The van der Waals surface area contributed by atoms with Gasteiger partial charge in [0.1, 0.15) is 0 Å². The first-order valence-corrected chi connectivity index (χ1v) is 5.81. The van der Waals surface area contributed by atoms with Crippen LogP contribution in [0.15, 0.2) is 18.2 Å². The smallest absolute Gasteiger partial charge is 0.000803 e. The first-order valence-electron chi connectivity index (χ1n) is 5.81. The van der Waals surface area contributed by atoms with E-state index in [0.717, 1.165) is 6.54 Å². The van der Waals surface area contributed by atoms with Crippen molar-refractivity contribution in [1.82, 2.24) is 0 Å². The summed E-state index contributed by atoms with van der Waals surface area (Å²) in [6.07, 6.45) is 1.18. The van der Waals surface area contributed by atoms with Crippen molar-refractivity contribution >= 4 is 0 Å². The Hall–Kier alpha value is -0.820. The third-order valence-electron chi connectivity index (χ3n) is 2.92. The van der Waals surface area contributed by atoms with Crippen LogP contribution in [0.2, 0.25) is 0 Å². The Morgan fingerprint density at radius 1 is 1.20 bits per heavy atom. The summed E-state index contributed by atoms with van der Waals surface area (Å²) in [5.41, 5.74) is 10.0. The minimum Gasteiger partial charge on any atom is -0.330 e. The quantitative estimate of drug-likeness (QED) is 0.801. The molecule has 0 bridgehead atoms. The maximum absolute atomic E-state index is 5.87. The lowest BCUT2D eigenvalue weighted by atomic mass is 9.87. The van der Waals surface area contributed by atoms with Crippen LogP contribution in [-0.2, 0) is 0 Å². The number of hydrogen-bond acceptors (Lipinski definition) is 1. The molecule has 1 unspecified atom stereocenters. The van der Waals surface area contributed by atoms with Gasteiger partial charge >= 0.3 is 0 Å². The van der Waals surface area contributed by atoms with Crippen molar-refractivity contribution in [1.29, 1.82) is 0 Å². The molecule has 1 aromatic rings. The van der Waals surface area contributed by atoms with Crippen LogP contribution in [0.4, 0.5) is 0 Å². The van der Waals surface area contributed by atoms with Crippen molar-refractivity contribution in [2.24, 2.45) is 11.7 Å². The van der Waals surface area contributed by atoms with Gasteiger partial charge in [-0.15, -0.1) is 0 Å². The Morgan fingerprint density at radius 3 is 2.40 bits per heavy atom. The number of rotatable bonds is 4. The fourth-order valence-electron chi connectivity index (χ4n) is 2.12. The van der Waals surface area contributed by atoms with Gasteiger partial charge in [0.25, 0.3) is 0 Å². The third-order valence-corrected chi connectivity index (χ3v) is 2.92. The van der Waals surface area contributed by atoms with Crippen molar-refractivity contribution in [3.05, 3.63) is 34.9 Å². The van der Waals surface area contributed by atoms with Gasteiger partial charge in [0.2, 0.25) is 0 Å². The summed E-state index contributed by atoms with van der Waals surface area (Å²) in [6.45, 7) is 9.59. The summed E-state index contributed by atoms with van der Waals surface area (Å²) in [6, 6.07) is 6.66. The highest BCUT2D eigenvalue weighted by Crippen LogP contribution is 2.26. The van der Waals surface area contributed by atoms with Crippen molar-refractivity contribution in [3.63, 3.8) is 0 Å². The Kier molecular flexibility index (Phi) is 4.34. The molecule has 0 aromatic heterocycles. The molecule has 84 valence electrons. The highest BCUT2D eigenvalue weighted by atomic mass is 14.5. The van der Waals surface area contributed by atoms with Gasteiger partial charge in [-0.05, 0) is 49.8 Å². The average molecular weight is 205 g/mol. The van der Waals surface area contributed by atoms with Gasteiger partial charge in [-0.25, -0.2) is 0 Å². The fraction of sp³-hybridized carbons (Fsp3) is 0.571. The Bertz CT molecular complexity index is 315. The van der Waals surface area contributed by atoms with E-state index in [1.165, 1.54) is 23.1 Å². The van der Waals surface area contributed by atoms with E-state index in [2.05, 4.69) is 45.9 Å². The zero-order valence-corrected chi connectivity index (χ0v) is 10.4. The van der Waals surface area contributed by atoms with Gasteiger partial charge < -0.3 is 5.73 Å². The lowest BCUT2D eigenvalue weighted by molar-refractivity contribution is 0.503. The molecule has 0 amide bonds. The van der Waals surface area contributed by atoms with Crippen LogP contribution in [-0.4, -0.2) is 6.54 Å². The van der Waals surface area contributed by atoms with Gasteiger partial charge in [-0.1, -0.05) is 37.6 Å². The van der Waals surface area contributed by atoms with Crippen LogP contribution in [0.3, 0.4) is 0 Å². The molecule has 1 nitrogen and oxygen atoms in total. The minimum absolute atomic E-state index is 0.518. The second kappa shape index (κ2) is 5.32. The van der Waals surface area contributed by atoms with Crippen LogP contribution in [0.1, 0.15) is 42.9 Å². The summed E-state index contributed by atoms with van der Waals surface area (Å²) < 4.78 is 0. The van der Waals surface area contributed by atoms with E-state index in [1.807, 2.05) is 0 Å². The van der Waals surface area contributed by atoms with Crippen molar-refractivity contribution in [3.8, 4) is 0 Å². The van der Waals surface area contributed by atoms with Crippen LogP contribution in [0, 0.1) is 19.8 Å². The van der Waals surface area contributed by atoms with E-state index in [1.54, 1.807) is 0 Å². The zero-order valence-electron chi connectivity index (χ0n) is 10.4. The molecule has 0 radical (unpaired) electrons. The Morgan fingerprint density at radius 2 is 1.87 bits per heavy atom. The topological polar surface area (TPSA) is 26.0 Å². The average Bonchev–Trinajstić information content (AvgIpc) is 2.18. The molecular formula is C14H23N.